The fourth-order valence-electron chi connectivity index (χ4n) is 2.31. The average Bonchev–Trinajstić information content (AvgIpc) is 2.86. The Bertz CT molecular complexity index is 419. The lowest BCUT2D eigenvalue weighted by atomic mass is 10.2. The lowest BCUT2D eigenvalue weighted by Gasteiger charge is -2.32. The van der Waals surface area contributed by atoms with E-state index in [2.05, 4.69) is 26.1 Å². The first kappa shape index (κ1) is 14.0. The van der Waals surface area contributed by atoms with Crippen molar-refractivity contribution in [3.8, 4) is 0 Å². The summed E-state index contributed by atoms with van der Waals surface area (Å²) in [7, 11) is 1.41. The molecule has 2 heterocycles. The van der Waals surface area contributed by atoms with Gasteiger partial charge < -0.3 is 14.0 Å². The van der Waals surface area contributed by atoms with Gasteiger partial charge in [0.1, 0.15) is 0 Å². The van der Waals surface area contributed by atoms with Crippen molar-refractivity contribution in [2.24, 2.45) is 0 Å². The van der Waals surface area contributed by atoms with Crippen LogP contribution in [0.2, 0.25) is 0 Å². The number of carbonyl (C=O) groups excluding carboxylic acids is 1. The number of morpholine rings is 1. The molecule has 106 valence electrons. The second-order valence-electron chi connectivity index (χ2n) is 4.68. The molecular weight excluding hydrogens is 246 g/mol. The van der Waals surface area contributed by atoms with E-state index >= 15 is 0 Å². The van der Waals surface area contributed by atoms with Gasteiger partial charge >= 0.3 is 5.97 Å². The number of hydrogen-bond acceptors (Lipinski definition) is 5. The molecule has 1 atom stereocenters. The van der Waals surface area contributed by atoms with Crippen molar-refractivity contribution in [3.05, 3.63) is 18.2 Å². The molecule has 1 fully saturated rings. The summed E-state index contributed by atoms with van der Waals surface area (Å²) in [4.78, 5) is 17.7. The maximum atomic E-state index is 11.3. The molecule has 6 heteroatoms. The minimum Gasteiger partial charge on any atom is -0.469 e. The Hall–Kier alpha value is -1.40. The summed E-state index contributed by atoms with van der Waals surface area (Å²) in [6.45, 7) is 6.16. The lowest BCUT2D eigenvalue weighted by Crippen LogP contribution is -2.43. The Balaban J connectivity index is 1.89. The highest BCUT2D eigenvalue weighted by Crippen LogP contribution is 2.13. The van der Waals surface area contributed by atoms with Gasteiger partial charge in [0.25, 0.3) is 0 Å². The minimum absolute atomic E-state index is 0.0702. The third kappa shape index (κ3) is 3.78. The van der Waals surface area contributed by atoms with Gasteiger partial charge in [0.2, 0.25) is 0 Å². The first-order valence-electron chi connectivity index (χ1n) is 6.62. The highest BCUT2D eigenvalue weighted by Gasteiger charge is 2.23. The van der Waals surface area contributed by atoms with Gasteiger partial charge in [0.15, 0.2) is 0 Å². The van der Waals surface area contributed by atoms with Crippen LogP contribution in [0.4, 0.5) is 0 Å². The second-order valence-corrected chi connectivity index (χ2v) is 4.68. The van der Waals surface area contributed by atoms with Crippen LogP contribution in [0.1, 0.15) is 19.0 Å². The highest BCUT2D eigenvalue weighted by atomic mass is 16.5. The Labute approximate surface area is 113 Å². The first-order valence-corrected chi connectivity index (χ1v) is 6.62. The van der Waals surface area contributed by atoms with Crippen molar-refractivity contribution in [1.82, 2.24) is 14.5 Å². The van der Waals surface area contributed by atoms with Crippen LogP contribution in [0, 0.1) is 0 Å². The highest BCUT2D eigenvalue weighted by molar-refractivity contribution is 5.69. The SMILES string of the molecule is CCn1cncc1CN1CCOC(CC(=O)OC)C1. The summed E-state index contributed by atoms with van der Waals surface area (Å²) in [6, 6.07) is 0. The third-order valence-corrected chi connectivity index (χ3v) is 3.37. The molecule has 0 radical (unpaired) electrons. The van der Waals surface area contributed by atoms with E-state index < -0.39 is 0 Å². The first-order chi connectivity index (χ1) is 9.22. The van der Waals surface area contributed by atoms with E-state index in [-0.39, 0.29) is 12.1 Å². The Morgan fingerprint density at radius 2 is 2.47 bits per heavy atom. The fourth-order valence-corrected chi connectivity index (χ4v) is 2.31. The van der Waals surface area contributed by atoms with Crippen LogP contribution < -0.4 is 0 Å². The monoisotopic (exact) mass is 267 g/mol. The summed E-state index contributed by atoms with van der Waals surface area (Å²) in [5, 5.41) is 0. The number of methoxy groups -OCH3 is 1. The van der Waals surface area contributed by atoms with E-state index in [0.29, 0.717) is 13.0 Å². The summed E-state index contributed by atoms with van der Waals surface area (Å²) in [5.74, 6) is -0.217. The molecule has 2 rings (SSSR count). The molecule has 0 N–H and O–H groups in total. The summed E-state index contributed by atoms with van der Waals surface area (Å²) >= 11 is 0. The number of rotatable bonds is 5. The van der Waals surface area contributed by atoms with E-state index in [4.69, 9.17) is 4.74 Å². The molecule has 0 aliphatic carbocycles. The van der Waals surface area contributed by atoms with Crippen LogP contribution in [0.3, 0.4) is 0 Å². The van der Waals surface area contributed by atoms with Gasteiger partial charge in [-0.25, -0.2) is 4.98 Å². The molecule has 6 nitrogen and oxygen atoms in total. The predicted molar refractivity (Wildman–Crippen MR) is 69.6 cm³/mol. The molecule has 1 aromatic rings. The molecule has 0 aromatic carbocycles. The van der Waals surface area contributed by atoms with E-state index in [1.807, 2.05) is 12.5 Å². The molecule has 0 saturated carbocycles. The van der Waals surface area contributed by atoms with Crippen molar-refractivity contribution in [3.63, 3.8) is 0 Å². The molecule has 1 aliphatic rings. The number of aromatic nitrogens is 2. The smallest absolute Gasteiger partial charge is 0.308 e. The van der Waals surface area contributed by atoms with Gasteiger partial charge in [-0.05, 0) is 6.92 Å². The number of esters is 1. The van der Waals surface area contributed by atoms with Gasteiger partial charge in [0, 0.05) is 32.4 Å². The second kappa shape index (κ2) is 6.68. The predicted octanol–water partition coefficient (Wildman–Crippen LogP) is 0.667. The lowest BCUT2D eigenvalue weighted by molar-refractivity contribution is -0.145. The van der Waals surface area contributed by atoms with Crippen molar-refractivity contribution in [2.75, 3.05) is 26.8 Å². The van der Waals surface area contributed by atoms with Crippen LogP contribution in [0.15, 0.2) is 12.5 Å². The van der Waals surface area contributed by atoms with Crippen LogP contribution in [-0.4, -0.2) is 53.3 Å². The van der Waals surface area contributed by atoms with Gasteiger partial charge in [-0.3, -0.25) is 9.69 Å². The maximum absolute atomic E-state index is 11.3. The van der Waals surface area contributed by atoms with Crippen LogP contribution in [-0.2, 0) is 27.4 Å². The number of carbonyl (C=O) groups is 1. The fraction of sp³-hybridized carbons (Fsp3) is 0.692. The van der Waals surface area contributed by atoms with Gasteiger partial charge in [-0.1, -0.05) is 0 Å². The standard InChI is InChI=1S/C13H21N3O3/c1-3-16-10-14-7-11(16)8-15-4-5-19-12(9-15)6-13(17)18-2/h7,10,12H,3-6,8-9H2,1-2H3. The number of imidazole rings is 1. The van der Waals surface area contributed by atoms with Crippen LogP contribution >= 0.6 is 0 Å². The molecule has 1 unspecified atom stereocenters. The van der Waals surface area contributed by atoms with Crippen molar-refractivity contribution < 1.29 is 14.3 Å². The summed E-state index contributed by atoms with van der Waals surface area (Å²) in [5.41, 5.74) is 1.20. The van der Waals surface area contributed by atoms with Gasteiger partial charge in [-0.15, -0.1) is 0 Å². The van der Waals surface area contributed by atoms with E-state index in [9.17, 15) is 4.79 Å². The molecule has 0 bridgehead atoms. The zero-order chi connectivity index (χ0) is 13.7. The maximum Gasteiger partial charge on any atom is 0.308 e. The van der Waals surface area contributed by atoms with Gasteiger partial charge in [-0.2, -0.15) is 0 Å². The molecule has 19 heavy (non-hydrogen) atoms. The molecular formula is C13H21N3O3. The zero-order valence-electron chi connectivity index (χ0n) is 11.5. The topological polar surface area (TPSA) is 56.6 Å². The minimum atomic E-state index is -0.217. The summed E-state index contributed by atoms with van der Waals surface area (Å²) < 4.78 is 12.4. The van der Waals surface area contributed by atoms with Crippen molar-refractivity contribution in [1.29, 1.82) is 0 Å². The van der Waals surface area contributed by atoms with Crippen molar-refractivity contribution >= 4 is 5.97 Å². The number of aryl methyl sites for hydroxylation is 1. The Morgan fingerprint density at radius 3 is 3.21 bits per heavy atom. The van der Waals surface area contributed by atoms with E-state index in [0.717, 1.165) is 26.2 Å². The molecule has 1 aromatic heterocycles. The number of hydrogen-bond donors (Lipinski definition) is 0. The number of ether oxygens (including phenoxy) is 2. The Kier molecular flexibility index (Phi) is 4.93. The molecule has 1 saturated heterocycles. The van der Waals surface area contributed by atoms with E-state index in [1.54, 1.807) is 0 Å². The van der Waals surface area contributed by atoms with Crippen LogP contribution in [0.5, 0.6) is 0 Å². The molecule has 0 amide bonds. The number of nitrogens with zero attached hydrogens (tertiary/aromatic N) is 3. The zero-order valence-corrected chi connectivity index (χ0v) is 11.5. The van der Waals surface area contributed by atoms with Crippen molar-refractivity contribution in [2.45, 2.75) is 32.5 Å². The molecule has 0 spiro atoms. The summed E-state index contributed by atoms with van der Waals surface area (Å²) in [6.07, 6.45) is 4.00. The largest absolute Gasteiger partial charge is 0.469 e. The van der Waals surface area contributed by atoms with Gasteiger partial charge in [0.05, 0.1) is 38.3 Å². The third-order valence-electron chi connectivity index (χ3n) is 3.37. The quantitative estimate of drug-likeness (QED) is 0.734. The molecule has 1 aliphatic heterocycles. The Morgan fingerprint density at radius 1 is 1.63 bits per heavy atom. The average molecular weight is 267 g/mol. The normalized spacial score (nSPS) is 20.4. The van der Waals surface area contributed by atoms with E-state index in [1.165, 1.54) is 12.8 Å². The van der Waals surface area contributed by atoms with Crippen LogP contribution in [0.25, 0.3) is 0 Å².